The molecule has 8 aromatic carbocycles. The van der Waals surface area contributed by atoms with Gasteiger partial charge in [0.15, 0.2) is 0 Å². The maximum atomic E-state index is 6.87. The lowest BCUT2D eigenvalue weighted by Gasteiger charge is -2.52. The molecule has 5 aliphatic heterocycles. The molecule has 7 heterocycles. The number of hydrogen-bond donors (Lipinski definition) is 0. The Labute approximate surface area is 329 Å². The molecule has 0 N–H and O–H groups in total. The predicted molar refractivity (Wildman–Crippen MR) is 239 cm³/mol. The number of furan rings is 1. The minimum Gasteiger partial charge on any atom is -0.455 e. The molecule has 57 heavy (non-hydrogen) atoms. The highest BCUT2D eigenvalue weighted by Crippen LogP contribution is 2.55. The molecular weight excluding hydrogens is 692 g/mol. The van der Waals surface area contributed by atoms with E-state index in [1.165, 1.54) is 116 Å². The summed E-state index contributed by atoms with van der Waals surface area (Å²) >= 11 is 0. The van der Waals surface area contributed by atoms with Crippen LogP contribution in [0.1, 0.15) is 25.0 Å². The average molecular weight is 723 g/mol. The molecule has 2 aromatic heterocycles. The first-order chi connectivity index (χ1) is 28.1. The predicted octanol–water partition coefficient (Wildman–Crippen LogP) is 8.55. The van der Waals surface area contributed by atoms with Crippen molar-refractivity contribution in [1.29, 1.82) is 0 Å². The van der Waals surface area contributed by atoms with Crippen molar-refractivity contribution < 1.29 is 4.42 Å². The number of fused-ring (bicyclic) bond motifs is 19. The largest absolute Gasteiger partial charge is 0.455 e. The topological polar surface area (TPSA) is 24.6 Å². The van der Waals surface area contributed by atoms with Gasteiger partial charge < -0.3 is 18.8 Å². The Balaban J connectivity index is 1.19. The highest BCUT2D eigenvalue weighted by Gasteiger charge is 2.53. The van der Waals surface area contributed by atoms with E-state index >= 15 is 0 Å². The van der Waals surface area contributed by atoms with E-state index in [9.17, 15) is 0 Å². The number of hydrogen-bond acceptors (Lipinski definition) is 3. The standard InChI is InChI=1S/C51H31B2N3O/c1-51(2)31-16-5-9-22-38(31)55-42-27-41-46-49-45(42)52(35-20-13-17-32(51)47(35)55)33-18-6-10-23-39(33)56(49)40-24-11-7-19-34(40)53(46)36-26-30-28-14-4-12-25-43(28)57-50(30)44-29-15-3-8-21-37(29)54(41)48(36)44/h3-27H,1-2H3. The Morgan fingerprint density at radius 2 is 1.09 bits per heavy atom. The first kappa shape index (κ1) is 29.4. The number of benzene rings is 8. The van der Waals surface area contributed by atoms with Gasteiger partial charge in [-0.1, -0.05) is 129 Å². The van der Waals surface area contributed by atoms with Crippen molar-refractivity contribution in [2.75, 3.05) is 9.80 Å². The van der Waals surface area contributed by atoms with Crippen LogP contribution in [0, 0.1) is 0 Å². The van der Waals surface area contributed by atoms with Crippen molar-refractivity contribution in [1.82, 2.24) is 4.57 Å². The first-order valence-electron chi connectivity index (χ1n) is 20.2. The van der Waals surface area contributed by atoms with E-state index in [4.69, 9.17) is 4.42 Å². The lowest BCUT2D eigenvalue weighted by Crippen LogP contribution is -2.68. The molecule has 0 saturated heterocycles. The Hall–Kier alpha value is -6.91. The van der Waals surface area contributed by atoms with Gasteiger partial charge in [-0.3, -0.25) is 0 Å². The third-order valence-electron chi connectivity index (χ3n) is 14.3. The second-order valence-electron chi connectivity index (χ2n) is 17.1. The lowest BCUT2D eigenvalue weighted by atomic mass is 9.28. The molecule has 0 amide bonds. The number of aromatic nitrogens is 1. The van der Waals surface area contributed by atoms with Gasteiger partial charge in [0, 0.05) is 55.7 Å². The van der Waals surface area contributed by atoms with Gasteiger partial charge in [-0.15, -0.1) is 0 Å². The molecule has 10 aromatic rings. The molecule has 0 aliphatic carbocycles. The van der Waals surface area contributed by atoms with Crippen LogP contribution in [0.2, 0.25) is 0 Å². The van der Waals surface area contributed by atoms with Crippen molar-refractivity contribution in [2.24, 2.45) is 0 Å². The fourth-order valence-corrected chi connectivity index (χ4v) is 12.1. The maximum Gasteiger partial charge on any atom is 0.252 e. The third-order valence-corrected chi connectivity index (χ3v) is 14.3. The summed E-state index contributed by atoms with van der Waals surface area (Å²) in [4.78, 5) is 5.26. The minimum atomic E-state index is -0.164. The summed E-state index contributed by atoms with van der Waals surface area (Å²) in [6.07, 6.45) is 0. The van der Waals surface area contributed by atoms with E-state index < -0.39 is 0 Å². The number of anilines is 6. The molecule has 0 saturated carbocycles. The second kappa shape index (κ2) is 9.54. The van der Waals surface area contributed by atoms with Gasteiger partial charge in [-0.05, 0) is 80.3 Å². The van der Waals surface area contributed by atoms with Crippen LogP contribution < -0.4 is 42.6 Å². The molecule has 0 bridgehead atoms. The highest BCUT2D eigenvalue weighted by atomic mass is 16.3. The van der Waals surface area contributed by atoms with E-state index in [2.05, 4.69) is 180 Å². The summed E-state index contributed by atoms with van der Waals surface area (Å²) in [6, 6.07) is 57.2. The summed E-state index contributed by atoms with van der Waals surface area (Å²) in [5, 5.41) is 4.77. The van der Waals surface area contributed by atoms with E-state index in [1.54, 1.807) is 0 Å². The van der Waals surface area contributed by atoms with Crippen LogP contribution in [0.25, 0.3) is 49.4 Å². The van der Waals surface area contributed by atoms with Gasteiger partial charge in [-0.2, -0.15) is 0 Å². The second-order valence-corrected chi connectivity index (χ2v) is 17.1. The molecule has 0 fully saturated rings. The minimum absolute atomic E-state index is 0.0244. The summed E-state index contributed by atoms with van der Waals surface area (Å²) < 4.78 is 9.46. The molecule has 0 unspecified atom stereocenters. The van der Waals surface area contributed by atoms with Gasteiger partial charge in [0.1, 0.15) is 11.2 Å². The van der Waals surface area contributed by atoms with Crippen molar-refractivity contribution >= 4 is 124 Å². The summed E-state index contributed by atoms with van der Waals surface area (Å²) in [6.45, 7) is 4.91. The summed E-state index contributed by atoms with van der Waals surface area (Å²) in [5.74, 6) is 0. The highest BCUT2D eigenvalue weighted by molar-refractivity contribution is 7.05. The first-order valence-corrected chi connectivity index (χ1v) is 20.2. The van der Waals surface area contributed by atoms with E-state index in [-0.39, 0.29) is 18.8 Å². The maximum absolute atomic E-state index is 6.87. The van der Waals surface area contributed by atoms with Crippen LogP contribution in [-0.2, 0) is 5.41 Å². The van der Waals surface area contributed by atoms with Crippen molar-refractivity contribution in [3.63, 3.8) is 0 Å². The zero-order valence-electron chi connectivity index (χ0n) is 31.3. The van der Waals surface area contributed by atoms with Crippen LogP contribution in [0.5, 0.6) is 0 Å². The molecule has 15 rings (SSSR count). The van der Waals surface area contributed by atoms with Crippen molar-refractivity contribution in [2.45, 2.75) is 19.3 Å². The molecular formula is C51H31B2N3O. The SMILES string of the molecule is CC1(C)c2ccccc2N2c3cc4c5c6c3B(c3ccccc3N6c3ccccc3B5c3cc5c6ccccc6oc5c5c6ccccc6n-4c35)c3cccc1c32. The number of nitrogens with zero attached hydrogens (tertiary/aromatic N) is 3. The van der Waals surface area contributed by atoms with Gasteiger partial charge >= 0.3 is 0 Å². The molecule has 6 heteroatoms. The molecule has 0 radical (unpaired) electrons. The van der Waals surface area contributed by atoms with Crippen molar-refractivity contribution in [3.8, 4) is 5.69 Å². The Morgan fingerprint density at radius 3 is 1.91 bits per heavy atom. The van der Waals surface area contributed by atoms with Gasteiger partial charge in [0.2, 0.25) is 0 Å². The summed E-state index contributed by atoms with van der Waals surface area (Å²) in [5.41, 5.74) is 24.1. The fraction of sp³-hybridized carbons (Fsp3) is 0.0588. The molecule has 262 valence electrons. The molecule has 4 nitrogen and oxygen atoms in total. The van der Waals surface area contributed by atoms with Gasteiger partial charge in [-0.25, -0.2) is 0 Å². The average Bonchev–Trinajstić information content (AvgIpc) is 3.80. The smallest absolute Gasteiger partial charge is 0.252 e. The number of para-hydroxylation sites is 6. The van der Waals surface area contributed by atoms with Gasteiger partial charge in [0.05, 0.1) is 22.1 Å². The normalized spacial score (nSPS) is 15.5. The van der Waals surface area contributed by atoms with E-state index in [0.29, 0.717) is 0 Å². The lowest BCUT2D eigenvalue weighted by molar-refractivity contribution is 0.632. The molecule has 0 spiro atoms. The summed E-state index contributed by atoms with van der Waals surface area (Å²) in [7, 11) is 0. The number of rotatable bonds is 0. The van der Waals surface area contributed by atoms with Gasteiger partial charge in [0.25, 0.3) is 13.4 Å². The van der Waals surface area contributed by atoms with Crippen LogP contribution in [-0.4, -0.2) is 18.0 Å². The van der Waals surface area contributed by atoms with Crippen LogP contribution in [0.4, 0.5) is 34.1 Å². The van der Waals surface area contributed by atoms with Crippen LogP contribution in [0.3, 0.4) is 0 Å². The van der Waals surface area contributed by atoms with Crippen LogP contribution >= 0.6 is 0 Å². The van der Waals surface area contributed by atoms with E-state index in [1.807, 2.05) is 0 Å². The Kier molecular flexibility index (Phi) is 4.92. The Bertz CT molecular complexity index is 3560. The zero-order valence-corrected chi connectivity index (χ0v) is 31.3. The zero-order chi connectivity index (χ0) is 37.1. The molecule has 0 atom stereocenters. The van der Waals surface area contributed by atoms with E-state index in [0.717, 1.165) is 11.2 Å². The quantitative estimate of drug-likeness (QED) is 0.147. The fourth-order valence-electron chi connectivity index (χ4n) is 12.1. The monoisotopic (exact) mass is 723 g/mol. The molecule has 5 aliphatic rings. The van der Waals surface area contributed by atoms with Crippen molar-refractivity contribution in [3.05, 3.63) is 163 Å². The van der Waals surface area contributed by atoms with Crippen LogP contribution in [0.15, 0.2) is 156 Å². The third kappa shape index (κ3) is 3.14. The Morgan fingerprint density at radius 1 is 0.474 bits per heavy atom.